The minimum absolute atomic E-state index is 0. The number of nitrogens with one attached hydrogen (secondary N) is 2. The summed E-state index contributed by atoms with van der Waals surface area (Å²) in [6, 6.07) is 6.01. The first kappa shape index (κ1) is 24.8. The summed E-state index contributed by atoms with van der Waals surface area (Å²) in [5.74, 6) is -0.374. The van der Waals surface area contributed by atoms with E-state index in [1.54, 1.807) is 33.0 Å². The lowest BCUT2D eigenvalue weighted by atomic mass is 10.1. The molecule has 1 aromatic heterocycles. The van der Waals surface area contributed by atoms with E-state index in [1.165, 1.54) is 17.4 Å². The Hall–Kier alpha value is -2.26. The number of aromatic nitrogens is 1. The molecule has 0 aliphatic carbocycles. The van der Waals surface area contributed by atoms with E-state index < -0.39 is 5.82 Å². The lowest BCUT2D eigenvalue weighted by Gasteiger charge is -2.16. The number of ether oxygens (including phenoxy) is 1. The summed E-state index contributed by atoms with van der Waals surface area (Å²) >= 11 is 1.27. The first-order valence-electron chi connectivity index (χ1n) is 8.69. The molecule has 0 aliphatic rings. The van der Waals surface area contributed by atoms with E-state index in [0.29, 0.717) is 33.7 Å². The number of nitriles is 1. The minimum Gasteiger partial charge on any atom is -0.462 e. The van der Waals surface area contributed by atoms with E-state index in [9.17, 15) is 9.18 Å². The standard InChI is InChI=1S/C19H22FN5O2S.HI/c1-5-27-18(26)16-11(2)24-17(28-16)12(3)25-19(22-4)23-10-14-7-6-13(9-21)8-15(14)20;/h6-8,12H,5,10H2,1-4H3,(H2,22,23,25);1H. The summed E-state index contributed by atoms with van der Waals surface area (Å²) in [4.78, 5) is 21.0. The average molecular weight is 531 g/mol. The van der Waals surface area contributed by atoms with Crippen LogP contribution in [0.2, 0.25) is 0 Å². The number of benzene rings is 1. The number of hydrogen-bond donors (Lipinski definition) is 2. The van der Waals surface area contributed by atoms with E-state index in [1.807, 2.05) is 13.0 Å². The average Bonchev–Trinajstić information content (AvgIpc) is 3.07. The predicted octanol–water partition coefficient (Wildman–Crippen LogP) is 3.68. The highest BCUT2D eigenvalue weighted by molar-refractivity contribution is 14.0. The third-order valence-electron chi connectivity index (χ3n) is 3.85. The molecule has 0 fully saturated rings. The molecule has 10 heteroatoms. The lowest BCUT2D eigenvalue weighted by Crippen LogP contribution is -2.38. The smallest absolute Gasteiger partial charge is 0.350 e. The van der Waals surface area contributed by atoms with Crippen LogP contribution in [0.25, 0.3) is 0 Å². The summed E-state index contributed by atoms with van der Waals surface area (Å²) in [5, 5.41) is 15.7. The Morgan fingerprint density at radius 1 is 1.48 bits per heavy atom. The molecule has 1 atom stereocenters. The number of guanidine groups is 1. The van der Waals surface area contributed by atoms with Crippen LogP contribution in [0, 0.1) is 24.1 Å². The molecule has 0 spiro atoms. The van der Waals surface area contributed by atoms with E-state index in [2.05, 4.69) is 20.6 Å². The molecule has 156 valence electrons. The van der Waals surface area contributed by atoms with E-state index in [-0.39, 0.29) is 48.1 Å². The third-order valence-corrected chi connectivity index (χ3v) is 5.17. The van der Waals surface area contributed by atoms with Gasteiger partial charge in [0.15, 0.2) is 5.96 Å². The molecule has 1 heterocycles. The van der Waals surface area contributed by atoms with Crippen LogP contribution in [0.5, 0.6) is 0 Å². The molecular formula is C19H23FIN5O2S. The normalized spacial score (nSPS) is 11.8. The maximum atomic E-state index is 14.0. The van der Waals surface area contributed by atoms with Crippen molar-refractivity contribution in [3.05, 3.63) is 50.7 Å². The Morgan fingerprint density at radius 3 is 2.79 bits per heavy atom. The molecule has 0 amide bonds. The largest absolute Gasteiger partial charge is 0.462 e. The first-order valence-corrected chi connectivity index (χ1v) is 9.51. The number of hydrogen-bond acceptors (Lipinski definition) is 6. The van der Waals surface area contributed by atoms with Crippen LogP contribution in [-0.4, -0.2) is 30.6 Å². The van der Waals surface area contributed by atoms with Gasteiger partial charge < -0.3 is 15.4 Å². The van der Waals surface area contributed by atoms with Gasteiger partial charge in [0.2, 0.25) is 0 Å². The third kappa shape index (κ3) is 6.64. The molecule has 7 nitrogen and oxygen atoms in total. The fourth-order valence-corrected chi connectivity index (χ4v) is 3.35. The first-order chi connectivity index (χ1) is 13.4. The summed E-state index contributed by atoms with van der Waals surface area (Å²) in [5.41, 5.74) is 1.31. The van der Waals surface area contributed by atoms with Crippen LogP contribution in [-0.2, 0) is 11.3 Å². The number of carbonyl (C=O) groups is 1. The molecular weight excluding hydrogens is 508 g/mol. The summed E-state index contributed by atoms with van der Waals surface area (Å²) in [6.45, 7) is 5.92. The highest BCUT2D eigenvalue weighted by Crippen LogP contribution is 2.24. The van der Waals surface area contributed by atoms with Crippen molar-refractivity contribution >= 4 is 47.2 Å². The van der Waals surface area contributed by atoms with E-state index in [0.717, 1.165) is 0 Å². The predicted molar refractivity (Wildman–Crippen MR) is 121 cm³/mol. The van der Waals surface area contributed by atoms with Crippen molar-refractivity contribution in [3.8, 4) is 6.07 Å². The fourth-order valence-electron chi connectivity index (χ4n) is 2.39. The Balaban J connectivity index is 0.00000420. The van der Waals surface area contributed by atoms with Gasteiger partial charge in [-0.2, -0.15) is 5.26 Å². The molecule has 2 N–H and O–H groups in total. The van der Waals surface area contributed by atoms with Gasteiger partial charge >= 0.3 is 5.97 Å². The fraction of sp³-hybridized carbons (Fsp3) is 0.368. The molecule has 29 heavy (non-hydrogen) atoms. The van der Waals surface area contributed by atoms with Crippen molar-refractivity contribution < 1.29 is 13.9 Å². The SMILES string of the molecule is CCOC(=O)c1sc(C(C)NC(=NC)NCc2ccc(C#N)cc2F)nc1C.I. The van der Waals surface area contributed by atoms with Crippen LogP contribution in [0.1, 0.15) is 51.4 Å². The zero-order chi connectivity index (χ0) is 20.7. The second kappa shape index (κ2) is 11.7. The van der Waals surface area contributed by atoms with Crippen LogP contribution in [0.15, 0.2) is 23.2 Å². The molecule has 2 aromatic rings. The van der Waals surface area contributed by atoms with Crippen LogP contribution in [0.3, 0.4) is 0 Å². The Bertz CT molecular complexity index is 926. The highest BCUT2D eigenvalue weighted by Gasteiger charge is 2.20. The maximum Gasteiger partial charge on any atom is 0.350 e. The molecule has 0 aliphatic heterocycles. The van der Waals surface area contributed by atoms with Crippen LogP contribution < -0.4 is 10.6 Å². The number of aliphatic imine (C=N–C) groups is 1. The van der Waals surface area contributed by atoms with Gasteiger partial charge in [-0.3, -0.25) is 4.99 Å². The zero-order valence-corrected chi connectivity index (χ0v) is 19.7. The molecule has 0 saturated heterocycles. The van der Waals surface area contributed by atoms with E-state index >= 15 is 0 Å². The van der Waals surface area contributed by atoms with Crippen molar-refractivity contribution in [1.82, 2.24) is 15.6 Å². The van der Waals surface area contributed by atoms with Gasteiger partial charge in [-0.25, -0.2) is 14.2 Å². The van der Waals surface area contributed by atoms with Gasteiger partial charge in [-0.1, -0.05) is 6.07 Å². The summed E-state index contributed by atoms with van der Waals surface area (Å²) < 4.78 is 19.0. The number of thiazole rings is 1. The Labute approximate surface area is 190 Å². The van der Waals surface area contributed by atoms with Crippen molar-refractivity contribution in [2.45, 2.75) is 33.4 Å². The number of carbonyl (C=O) groups excluding carboxylic acids is 1. The van der Waals surface area contributed by atoms with Gasteiger partial charge in [0.25, 0.3) is 0 Å². The highest BCUT2D eigenvalue weighted by atomic mass is 127. The molecule has 2 rings (SSSR count). The molecule has 1 unspecified atom stereocenters. The minimum atomic E-state index is -0.454. The van der Waals surface area contributed by atoms with Crippen molar-refractivity contribution in [2.75, 3.05) is 13.7 Å². The molecule has 0 bridgehead atoms. The number of nitrogens with zero attached hydrogens (tertiary/aromatic N) is 3. The van der Waals surface area contributed by atoms with Crippen LogP contribution in [0.4, 0.5) is 4.39 Å². The van der Waals surface area contributed by atoms with Gasteiger partial charge in [-0.15, -0.1) is 35.3 Å². The lowest BCUT2D eigenvalue weighted by molar-refractivity contribution is 0.0531. The molecule has 1 aromatic carbocycles. The van der Waals surface area contributed by atoms with Gasteiger partial charge in [0.05, 0.1) is 30.0 Å². The summed E-state index contributed by atoms with van der Waals surface area (Å²) in [7, 11) is 1.61. The number of esters is 1. The second-order valence-electron chi connectivity index (χ2n) is 5.90. The number of halogens is 2. The number of aryl methyl sites for hydroxylation is 1. The van der Waals surface area contributed by atoms with Gasteiger partial charge in [-0.05, 0) is 32.9 Å². The maximum absolute atomic E-state index is 14.0. The Morgan fingerprint density at radius 2 is 2.21 bits per heavy atom. The van der Waals surface area contributed by atoms with E-state index in [4.69, 9.17) is 10.00 Å². The molecule has 0 radical (unpaired) electrons. The van der Waals surface area contributed by atoms with Gasteiger partial charge in [0.1, 0.15) is 15.7 Å². The Kier molecular flexibility index (Phi) is 9.97. The second-order valence-corrected chi connectivity index (χ2v) is 6.93. The molecule has 0 saturated carbocycles. The monoisotopic (exact) mass is 531 g/mol. The quantitative estimate of drug-likeness (QED) is 0.256. The summed E-state index contributed by atoms with van der Waals surface area (Å²) in [6.07, 6.45) is 0. The van der Waals surface area contributed by atoms with Crippen molar-refractivity contribution in [1.29, 1.82) is 5.26 Å². The van der Waals surface area contributed by atoms with Crippen molar-refractivity contribution in [2.24, 2.45) is 4.99 Å². The van der Waals surface area contributed by atoms with Crippen LogP contribution >= 0.6 is 35.3 Å². The number of rotatable bonds is 6. The van der Waals surface area contributed by atoms with Gasteiger partial charge in [0, 0.05) is 19.2 Å². The van der Waals surface area contributed by atoms with Crippen molar-refractivity contribution in [3.63, 3.8) is 0 Å². The topological polar surface area (TPSA) is 99.4 Å². The zero-order valence-electron chi connectivity index (χ0n) is 16.6.